The average molecular weight is 259 g/mol. The van der Waals surface area contributed by atoms with Crippen molar-refractivity contribution in [2.45, 2.75) is 0 Å². The van der Waals surface area contributed by atoms with E-state index in [4.69, 9.17) is 10.00 Å². The molecule has 1 aliphatic rings. The minimum Gasteiger partial charge on any atom is -0.378 e. The van der Waals surface area contributed by atoms with Gasteiger partial charge in [-0.15, -0.1) is 0 Å². The van der Waals surface area contributed by atoms with Crippen LogP contribution in [0.4, 0.5) is 5.69 Å². The molecule has 0 aromatic heterocycles. The highest BCUT2D eigenvalue weighted by atomic mass is 16.5. The Kier molecular flexibility index (Phi) is 4.37. The maximum absolute atomic E-state index is 12.1. The van der Waals surface area contributed by atoms with Crippen LogP contribution in [0.2, 0.25) is 0 Å². The predicted octanol–water partition coefficient (Wildman–Crippen LogP) is 0.853. The standard InChI is InChI=1S/C14H17N3O2/c1-16(13-4-2-12(10-15)3-5-13)11-14(18)17-6-8-19-9-7-17/h2-5H,6-9,11H2,1H3. The summed E-state index contributed by atoms with van der Waals surface area (Å²) in [7, 11) is 1.87. The molecular weight excluding hydrogens is 242 g/mol. The van der Waals surface area contributed by atoms with Gasteiger partial charge >= 0.3 is 0 Å². The number of benzene rings is 1. The van der Waals surface area contributed by atoms with Crippen LogP contribution in [0.1, 0.15) is 5.56 Å². The van der Waals surface area contributed by atoms with Crippen LogP contribution >= 0.6 is 0 Å². The summed E-state index contributed by atoms with van der Waals surface area (Å²) >= 11 is 0. The monoisotopic (exact) mass is 259 g/mol. The van der Waals surface area contributed by atoms with Crippen molar-refractivity contribution >= 4 is 11.6 Å². The fraction of sp³-hybridized carbons (Fsp3) is 0.429. The number of carbonyl (C=O) groups is 1. The van der Waals surface area contributed by atoms with Crippen LogP contribution < -0.4 is 4.90 Å². The van der Waals surface area contributed by atoms with Gasteiger partial charge in [-0.25, -0.2) is 0 Å². The van der Waals surface area contributed by atoms with E-state index in [2.05, 4.69) is 6.07 Å². The van der Waals surface area contributed by atoms with Crippen molar-refractivity contribution in [2.24, 2.45) is 0 Å². The molecule has 0 saturated carbocycles. The van der Waals surface area contributed by atoms with Crippen molar-refractivity contribution in [1.29, 1.82) is 5.26 Å². The molecule has 1 aromatic rings. The van der Waals surface area contributed by atoms with Crippen LogP contribution in [-0.4, -0.2) is 50.7 Å². The third-order valence-electron chi connectivity index (χ3n) is 3.17. The highest BCUT2D eigenvalue weighted by molar-refractivity contribution is 5.81. The normalized spacial score (nSPS) is 14.8. The molecule has 1 heterocycles. The van der Waals surface area contributed by atoms with Gasteiger partial charge in [0, 0.05) is 25.8 Å². The van der Waals surface area contributed by atoms with E-state index >= 15 is 0 Å². The van der Waals surface area contributed by atoms with Gasteiger partial charge < -0.3 is 14.5 Å². The molecule has 0 atom stereocenters. The topological polar surface area (TPSA) is 56.6 Å². The van der Waals surface area contributed by atoms with E-state index in [0.29, 0.717) is 38.4 Å². The number of rotatable bonds is 3. The number of carbonyl (C=O) groups excluding carboxylic acids is 1. The van der Waals surface area contributed by atoms with Crippen LogP contribution in [-0.2, 0) is 9.53 Å². The molecule has 1 aliphatic heterocycles. The molecule has 0 unspecified atom stereocenters. The van der Waals surface area contributed by atoms with Gasteiger partial charge in [0.15, 0.2) is 0 Å². The Balaban J connectivity index is 1.93. The number of hydrogen-bond donors (Lipinski definition) is 0. The molecule has 1 aromatic carbocycles. The number of morpholine rings is 1. The summed E-state index contributed by atoms with van der Waals surface area (Å²) < 4.78 is 5.23. The van der Waals surface area contributed by atoms with Gasteiger partial charge in [0.1, 0.15) is 0 Å². The van der Waals surface area contributed by atoms with E-state index in [-0.39, 0.29) is 5.91 Å². The van der Waals surface area contributed by atoms with E-state index in [0.717, 1.165) is 5.69 Å². The van der Waals surface area contributed by atoms with Gasteiger partial charge in [0.05, 0.1) is 31.4 Å². The predicted molar refractivity (Wildman–Crippen MR) is 71.8 cm³/mol. The van der Waals surface area contributed by atoms with Gasteiger partial charge in [-0.1, -0.05) is 0 Å². The van der Waals surface area contributed by atoms with E-state index in [9.17, 15) is 4.79 Å². The maximum Gasteiger partial charge on any atom is 0.242 e. The Morgan fingerprint density at radius 2 is 2.00 bits per heavy atom. The summed E-state index contributed by atoms with van der Waals surface area (Å²) in [4.78, 5) is 15.8. The molecular formula is C14H17N3O2. The molecule has 1 fully saturated rings. The minimum atomic E-state index is 0.107. The second kappa shape index (κ2) is 6.21. The number of ether oxygens (including phenoxy) is 1. The summed E-state index contributed by atoms with van der Waals surface area (Å²) in [6.45, 7) is 2.91. The minimum absolute atomic E-state index is 0.107. The maximum atomic E-state index is 12.1. The zero-order valence-electron chi connectivity index (χ0n) is 11.0. The van der Waals surface area contributed by atoms with Crippen molar-refractivity contribution < 1.29 is 9.53 Å². The summed E-state index contributed by atoms with van der Waals surface area (Å²) in [5, 5.41) is 8.75. The third-order valence-corrected chi connectivity index (χ3v) is 3.17. The summed E-state index contributed by atoms with van der Waals surface area (Å²) in [6.07, 6.45) is 0. The molecule has 0 aliphatic carbocycles. The average Bonchev–Trinajstić information content (AvgIpc) is 2.48. The Hall–Kier alpha value is -2.06. The molecule has 0 bridgehead atoms. The summed E-state index contributed by atoms with van der Waals surface area (Å²) in [5.74, 6) is 0.107. The number of nitrogens with zero attached hydrogens (tertiary/aromatic N) is 3. The molecule has 5 nitrogen and oxygen atoms in total. The first kappa shape index (κ1) is 13.4. The van der Waals surface area contributed by atoms with E-state index in [1.807, 2.05) is 29.0 Å². The van der Waals surface area contributed by atoms with Crippen LogP contribution in [0.3, 0.4) is 0 Å². The highest BCUT2D eigenvalue weighted by Gasteiger charge is 2.18. The molecule has 1 saturated heterocycles. The lowest BCUT2D eigenvalue weighted by Gasteiger charge is -2.29. The van der Waals surface area contributed by atoms with Crippen LogP contribution in [0.15, 0.2) is 24.3 Å². The Morgan fingerprint density at radius 3 is 2.58 bits per heavy atom. The van der Waals surface area contributed by atoms with Crippen molar-refractivity contribution in [3.63, 3.8) is 0 Å². The van der Waals surface area contributed by atoms with Crippen molar-refractivity contribution in [1.82, 2.24) is 4.90 Å². The first-order chi connectivity index (χ1) is 9.20. The van der Waals surface area contributed by atoms with Crippen LogP contribution in [0, 0.1) is 11.3 Å². The molecule has 19 heavy (non-hydrogen) atoms. The zero-order chi connectivity index (χ0) is 13.7. The second-order valence-corrected chi connectivity index (χ2v) is 4.51. The third kappa shape index (κ3) is 3.46. The van der Waals surface area contributed by atoms with Gasteiger partial charge in [-0.3, -0.25) is 4.79 Å². The van der Waals surface area contributed by atoms with Crippen LogP contribution in [0.25, 0.3) is 0 Å². The number of anilines is 1. The van der Waals surface area contributed by atoms with Gasteiger partial charge in [0.2, 0.25) is 5.91 Å². The lowest BCUT2D eigenvalue weighted by Crippen LogP contribution is -2.45. The quantitative estimate of drug-likeness (QED) is 0.807. The first-order valence-corrected chi connectivity index (χ1v) is 6.27. The van der Waals surface area contributed by atoms with E-state index < -0.39 is 0 Å². The Morgan fingerprint density at radius 1 is 1.37 bits per heavy atom. The Bertz CT molecular complexity index is 472. The Labute approximate surface area is 113 Å². The van der Waals surface area contributed by atoms with Crippen molar-refractivity contribution in [3.05, 3.63) is 29.8 Å². The number of hydrogen-bond acceptors (Lipinski definition) is 4. The first-order valence-electron chi connectivity index (χ1n) is 6.27. The SMILES string of the molecule is CN(CC(=O)N1CCOCC1)c1ccc(C#N)cc1. The van der Waals surface area contributed by atoms with Crippen LogP contribution in [0.5, 0.6) is 0 Å². The molecule has 0 spiro atoms. The second-order valence-electron chi connectivity index (χ2n) is 4.51. The van der Waals surface area contributed by atoms with Gasteiger partial charge in [-0.05, 0) is 24.3 Å². The lowest BCUT2D eigenvalue weighted by atomic mass is 10.2. The fourth-order valence-electron chi connectivity index (χ4n) is 2.00. The van der Waals surface area contributed by atoms with Crippen molar-refractivity contribution in [3.8, 4) is 6.07 Å². The molecule has 5 heteroatoms. The zero-order valence-corrected chi connectivity index (χ0v) is 11.0. The summed E-state index contributed by atoms with van der Waals surface area (Å²) in [6, 6.07) is 9.29. The number of likely N-dealkylation sites (N-methyl/N-ethyl adjacent to an activating group) is 1. The molecule has 100 valence electrons. The fourth-order valence-corrected chi connectivity index (χ4v) is 2.00. The van der Waals surface area contributed by atoms with E-state index in [1.165, 1.54) is 0 Å². The van der Waals surface area contributed by atoms with Gasteiger partial charge in [0.25, 0.3) is 0 Å². The smallest absolute Gasteiger partial charge is 0.242 e. The van der Waals surface area contributed by atoms with Crippen molar-refractivity contribution in [2.75, 3.05) is 44.8 Å². The van der Waals surface area contributed by atoms with Gasteiger partial charge in [-0.2, -0.15) is 5.26 Å². The summed E-state index contributed by atoms with van der Waals surface area (Å²) in [5.41, 5.74) is 1.55. The molecule has 1 amide bonds. The molecule has 0 radical (unpaired) electrons. The number of amides is 1. The molecule has 2 rings (SSSR count). The van der Waals surface area contributed by atoms with E-state index in [1.54, 1.807) is 12.1 Å². The lowest BCUT2D eigenvalue weighted by molar-refractivity contribution is -0.133. The largest absolute Gasteiger partial charge is 0.378 e. The number of nitriles is 1. The highest BCUT2D eigenvalue weighted by Crippen LogP contribution is 2.13. The molecule has 0 N–H and O–H groups in total.